The number of benzene rings is 2. The van der Waals surface area contributed by atoms with Crippen LogP contribution in [0.1, 0.15) is 78.3 Å². The van der Waals surface area contributed by atoms with Crippen LogP contribution in [0.15, 0.2) is 47.4 Å². The maximum absolute atomic E-state index is 13.6. The van der Waals surface area contributed by atoms with Crippen LogP contribution in [0.3, 0.4) is 0 Å². The van der Waals surface area contributed by atoms with Gasteiger partial charge in [-0.05, 0) is 68.0 Å². The summed E-state index contributed by atoms with van der Waals surface area (Å²) in [6.07, 6.45) is 4.03. The zero-order chi connectivity index (χ0) is 29.8. The summed E-state index contributed by atoms with van der Waals surface area (Å²) < 4.78 is 33.7. The number of rotatable bonds is 16. The number of ether oxygens (including phenoxy) is 1. The molecule has 1 aliphatic rings. The third-order valence-corrected chi connectivity index (χ3v) is 9.37. The second kappa shape index (κ2) is 16.0. The monoisotopic (exact) mass is 586 g/mol. The minimum atomic E-state index is -3.89. The fourth-order valence-corrected chi connectivity index (χ4v) is 6.81. The number of carbonyl (C=O) groups excluding carboxylic acids is 2. The molecule has 0 saturated carbocycles. The van der Waals surface area contributed by atoms with E-state index in [-0.39, 0.29) is 28.0 Å². The number of likely N-dealkylation sites (tertiary alicyclic amines) is 1. The number of amides is 2. The third kappa shape index (κ3) is 8.85. The lowest BCUT2D eigenvalue weighted by Gasteiger charge is -2.25. The van der Waals surface area contributed by atoms with Crippen LogP contribution in [0.4, 0.5) is 0 Å². The molecular formula is C31H46N4O5S. The molecule has 1 unspecified atom stereocenters. The zero-order valence-electron chi connectivity index (χ0n) is 24.9. The Morgan fingerprint density at radius 2 is 1.80 bits per heavy atom. The topological polar surface area (TPSA) is 108 Å². The Kier molecular flexibility index (Phi) is 12.8. The largest absolute Gasteiger partial charge is 0.383 e. The van der Waals surface area contributed by atoms with E-state index in [1.165, 1.54) is 33.6 Å². The number of methoxy groups -OCH3 is 1. The predicted molar refractivity (Wildman–Crippen MR) is 162 cm³/mol. The molecule has 41 heavy (non-hydrogen) atoms. The van der Waals surface area contributed by atoms with Gasteiger partial charge in [0.1, 0.15) is 0 Å². The van der Waals surface area contributed by atoms with Crippen molar-refractivity contribution in [1.82, 2.24) is 19.8 Å². The maximum Gasteiger partial charge on any atom is 0.254 e. The smallest absolute Gasteiger partial charge is 0.254 e. The van der Waals surface area contributed by atoms with Gasteiger partial charge in [-0.2, -0.15) is 4.31 Å². The number of hydrogen-bond donors (Lipinski definition) is 2. The minimum Gasteiger partial charge on any atom is -0.383 e. The van der Waals surface area contributed by atoms with Gasteiger partial charge in [0.05, 0.1) is 17.5 Å². The van der Waals surface area contributed by atoms with Gasteiger partial charge in [0.2, 0.25) is 10.0 Å². The number of sulfonamides is 1. The Hall–Kier alpha value is -2.79. The highest BCUT2D eigenvalue weighted by Gasteiger charge is 2.31. The quantitative estimate of drug-likeness (QED) is 0.290. The van der Waals surface area contributed by atoms with Crippen LogP contribution >= 0.6 is 0 Å². The molecular weight excluding hydrogens is 540 g/mol. The van der Waals surface area contributed by atoms with E-state index in [9.17, 15) is 18.0 Å². The van der Waals surface area contributed by atoms with Crippen LogP contribution in [-0.2, 0) is 27.7 Å². The van der Waals surface area contributed by atoms with Gasteiger partial charge >= 0.3 is 0 Å². The van der Waals surface area contributed by atoms with Crippen molar-refractivity contribution in [3.63, 3.8) is 0 Å². The molecule has 2 N–H and O–H groups in total. The minimum absolute atomic E-state index is 0.0396. The Bertz CT molecular complexity index is 1270. The van der Waals surface area contributed by atoms with E-state index < -0.39 is 15.9 Å². The molecule has 10 heteroatoms. The highest BCUT2D eigenvalue weighted by molar-refractivity contribution is 7.89. The highest BCUT2D eigenvalue weighted by Crippen LogP contribution is 2.25. The second-order valence-corrected chi connectivity index (χ2v) is 12.4. The summed E-state index contributed by atoms with van der Waals surface area (Å²) in [6.45, 7) is 9.35. The number of aryl methyl sites for hydroxylation is 1. The summed E-state index contributed by atoms with van der Waals surface area (Å²) in [5, 5.41) is 6.29. The van der Waals surface area contributed by atoms with Crippen molar-refractivity contribution < 1.29 is 22.7 Å². The number of carbonyl (C=O) groups is 2. The normalized spacial score (nSPS) is 15.4. The first-order valence-electron chi connectivity index (χ1n) is 14.8. The molecule has 1 fully saturated rings. The van der Waals surface area contributed by atoms with Crippen LogP contribution in [0, 0.1) is 0 Å². The molecule has 2 amide bonds. The molecule has 2 aromatic carbocycles. The average molecular weight is 587 g/mol. The standard InChI is InChI=1S/C31H46N4O5S/c1-5-16-34(7-3)41(38,39)29-20-26(19-27(21-29)31(37)35-17-9-13-28(35)23-40-4)30(36)33-15-10-14-32-22-25-12-8-11-24(6-2)18-25/h8,11-12,18-21,28,32H,5-7,9-10,13-17,22-23H2,1-4H3,(H,33,36). The van der Waals surface area contributed by atoms with Crippen LogP contribution in [0.2, 0.25) is 0 Å². The van der Waals surface area contributed by atoms with E-state index in [1.807, 2.05) is 6.92 Å². The molecule has 0 radical (unpaired) electrons. The van der Waals surface area contributed by atoms with E-state index in [0.29, 0.717) is 52.2 Å². The highest BCUT2D eigenvalue weighted by atomic mass is 32.2. The van der Waals surface area contributed by atoms with Crippen molar-refractivity contribution in [3.05, 3.63) is 64.7 Å². The first-order valence-corrected chi connectivity index (χ1v) is 16.2. The molecule has 1 saturated heterocycles. The zero-order valence-corrected chi connectivity index (χ0v) is 25.8. The summed E-state index contributed by atoms with van der Waals surface area (Å²) >= 11 is 0. The maximum atomic E-state index is 13.6. The summed E-state index contributed by atoms with van der Waals surface area (Å²) in [5.74, 6) is -0.689. The first kappa shape index (κ1) is 32.7. The molecule has 0 spiro atoms. The Labute approximate surface area is 245 Å². The Balaban J connectivity index is 1.73. The molecule has 1 atom stereocenters. The summed E-state index contributed by atoms with van der Waals surface area (Å²) in [6, 6.07) is 12.7. The lowest BCUT2D eigenvalue weighted by molar-refractivity contribution is 0.0630. The molecule has 1 heterocycles. The van der Waals surface area contributed by atoms with Crippen molar-refractivity contribution in [2.75, 3.05) is 46.4 Å². The number of nitrogens with one attached hydrogen (secondary N) is 2. The van der Waals surface area contributed by atoms with E-state index in [1.54, 1.807) is 18.9 Å². The average Bonchev–Trinajstić information content (AvgIpc) is 3.45. The summed E-state index contributed by atoms with van der Waals surface area (Å²) in [7, 11) is -2.29. The Morgan fingerprint density at radius 1 is 1.05 bits per heavy atom. The van der Waals surface area contributed by atoms with Crippen molar-refractivity contribution in [2.45, 2.75) is 70.4 Å². The van der Waals surface area contributed by atoms with Crippen LogP contribution in [0.5, 0.6) is 0 Å². The SMILES string of the molecule is CCCN(CC)S(=O)(=O)c1cc(C(=O)NCCCNCc2cccc(CC)c2)cc(C(=O)N2CCCC2COC)c1. The lowest BCUT2D eigenvalue weighted by Crippen LogP contribution is -2.38. The van der Waals surface area contributed by atoms with Crippen molar-refractivity contribution >= 4 is 21.8 Å². The van der Waals surface area contributed by atoms with E-state index in [4.69, 9.17) is 4.74 Å². The molecule has 2 aromatic rings. The van der Waals surface area contributed by atoms with Gasteiger partial charge in [-0.25, -0.2) is 8.42 Å². The molecule has 9 nitrogen and oxygen atoms in total. The number of nitrogens with zero attached hydrogens (tertiary/aromatic N) is 2. The second-order valence-electron chi connectivity index (χ2n) is 10.5. The van der Waals surface area contributed by atoms with Crippen LogP contribution in [-0.4, -0.2) is 81.9 Å². The fourth-order valence-electron chi connectivity index (χ4n) is 5.19. The summed E-state index contributed by atoms with van der Waals surface area (Å²) in [5.41, 5.74) is 2.88. The molecule has 0 aromatic heterocycles. The van der Waals surface area contributed by atoms with Gasteiger partial charge in [-0.1, -0.05) is 45.0 Å². The van der Waals surface area contributed by atoms with Gasteiger partial charge in [0.15, 0.2) is 0 Å². The van der Waals surface area contributed by atoms with Gasteiger partial charge < -0.3 is 20.3 Å². The Morgan fingerprint density at radius 3 is 2.51 bits per heavy atom. The lowest BCUT2D eigenvalue weighted by atomic mass is 10.1. The van der Waals surface area contributed by atoms with Crippen molar-refractivity contribution in [3.8, 4) is 0 Å². The van der Waals surface area contributed by atoms with Gasteiger partial charge in [-0.3, -0.25) is 9.59 Å². The molecule has 0 aliphatic carbocycles. The summed E-state index contributed by atoms with van der Waals surface area (Å²) in [4.78, 5) is 28.4. The van der Waals surface area contributed by atoms with E-state index >= 15 is 0 Å². The van der Waals surface area contributed by atoms with E-state index in [2.05, 4.69) is 41.8 Å². The van der Waals surface area contributed by atoms with Crippen LogP contribution < -0.4 is 10.6 Å². The molecule has 1 aliphatic heterocycles. The molecule has 226 valence electrons. The number of hydrogen-bond acceptors (Lipinski definition) is 6. The molecule has 0 bridgehead atoms. The van der Waals surface area contributed by atoms with Gasteiger partial charge in [-0.15, -0.1) is 0 Å². The predicted octanol–water partition coefficient (Wildman–Crippen LogP) is 3.83. The molecule has 3 rings (SSSR count). The van der Waals surface area contributed by atoms with Crippen molar-refractivity contribution in [2.24, 2.45) is 0 Å². The van der Waals surface area contributed by atoms with Crippen molar-refractivity contribution in [1.29, 1.82) is 0 Å². The van der Waals surface area contributed by atoms with Gasteiger partial charge in [0.25, 0.3) is 11.8 Å². The van der Waals surface area contributed by atoms with E-state index in [0.717, 1.165) is 25.8 Å². The van der Waals surface area contributed by atoms with Gasteiger partial charge in [0, 0.05) is 51.0 Å². The van der Waals surface area contributed by atoms with Crippen LogP contribution in [0.25, 0.3) is 0 Å². The first-order chi connectivity index (χ1) is 19.7. The fraction of sp³-hybridized carbons (Fsp3) is 0.548. The third-order valence-electron chi connectivity index (χ3n) is 7.42.